The third kappa shape index (κ3) is 4.43. The maximum atomic E-state index is 11.3. The van der Waals surface area contributed by atoms with Gasteiger partial charge in [0.25, 0.3) is 0 Å². The Hall–Kier alpha value is -1.77. The predicted molar refractivity (Wildman–Crippen MR) is 74.9 cm³/mol. The number of aromatic nitrogens is 2. The Morgan fingerprint density at radius 1 is 1.32 bits per heavy atom. The van der Waals surface area contributed by atoms with E-state index in [-0.39, 0.29) is 17.3 Å². The quantitative estimate of drug-likeness (QED) is 0.542. The Balaban J connectivity index is 2.84. The second-order valence-electron chi connectivity index (χ2n) is 3.57. The van der Waals surface area contributed by atoms with E-state index in [1.165, 1.54) is 6.33 Å². The Labute approximate surface area is 113 Å². The SMILES string of the molecule is CCNc1ncnc(NCCS(=O)CC)c1[N+](=O)[O-]. The summed E-state index contributed by atoms with van der Waals surface area (Å²) in [6.07, 6.45) is 1.25. The molecular weight excluding hydrogens is 270 g/mol. The average molecular weight is 287 g/mol. The largest absolute Gasteiger partial charge is 0.364 e. The number of hydrogen-bond donors (Lipinski definition) is 2. The molecule has 0 aliphatic heterocycles. The number of nitrogens with one attached hydrogen (secondary N) is 2. The molecule has 0 spiro atoms. The van der Waals surface area contributed by atoms with Crippen molar-refractivity contribution in [1.29, 1.82) is 0 Å². The number of nitro groups is 1. The van der Waals surface area contributed by atoms with E-state index >= 15 is 0 Å². The van der Waals surface area contributed by atoms with E-state index in [9.17, 15) is 14.3 Å². The molecule has 0 amide bonds. The second kappa shape index (κ2) is 7.62. The van der Waals surface area contributed by atoms with Gasteiger partial charge in [-0.05, 0) is 6.92 Å². The highest BCUT2D eigenvalue weighted by Crippen LogP contribution is 2.28. The van der Waals surface area contributed by atoms with Crippen LogP contribution in [0.5, 0.6) is 0 Å². The van der Waals surface area contributed by atoms with E-state index in [4.69, 9.17) is 0 Å². The van der Waals surface area contributed by atoms with Gasteiger partial charge in [-0.1, -0.05) is 6.92 Å². The molecule has 9 heteroatoms. The van der Waals surface area contributed by atoms with E-state index in [0.29, 0.717) is 24.6 Å². The molecule has 2 N–H and O–H groups in total. The van der Waals surface area contributed by atoms with Crippen LogP contribution in [0.4, 0.5) is 17.3 Å². The van der Waals surface area contributed by atoms with Gasteiger partial charge in [0.05, 0.1) is 4.92 Å². The molecule has 0 saturated heterocycles. The van der Waals surface area contributed by atoms with Crippen molar-refractivity contribution in [3.63, 3.8) is 0 Å². The molecule has 1 aromatic heterocycles. The van der Waals surface area contributed by atoms with Crippen molar-refractivity contribution < 1.29 is 9.13 Å². The summed E-state index contributed by atoms with van der Waals surface area (Å²) < 4.78 is 11.3. The highest BCUT2D eigenvalue weighted by molar-refractivity contribution is 7.84. The van der Waals surface area contributed by atoms with Crippen molar-refractivity contribution in [3.05, 3.63) is 16.4 Å². The molecule has 1 aromatic rings. The maximum absolute atomic E-state index is 11.3. The van der Waals surface area contributed by atoms with Crippen molar-refractivity contribution in [1.82, 2.24) is 9.97 Å². The first-order valence-corrected chi connectivity index (χ1v) is 7.41. The molecule has 0 aliphatic carbocycles. The van der Waals surface area contributed by atoms with Gasteiger partial charge in [-0.2, -0.15) is 0 Å². The lowest BCUT2D eigenvalue weighted by atomic mass is 10.4. The van der Waals surface area contributed by atoms with Crippen molar-refractivity contribution in [3.8, 4) is 0 Å². The lowest BCUT2D eigenvalue weighted by molar-refractivity contribution is -0.383. The zero-order valence-electron chi connectivity index (χ0n) is 10.9. The van der Waals surface area contributed by atoms with Crippen LogP contribution in [0.15, 0.2) is 6.33 Å². The van der Waals surface area contributed by atoms with Crippen molar-refractivity contribution in [2.24, 2.45) is 0 Å². The minimum absolute atomic E-state index is 0.143. The lowest BCUT2D eigenvalue weighted by Gasteiger charge is -2.08. The van der Waals surface area contributed by atoms with Crippen LogP contribution in [-0.2, 0) is 10.8 Å². The van der Waals surface area contributed by atoms with Gasteiger partial charge in [0.15, 0.2) is 0 Å². The highest BCUT2D eigenvalue weighted by atomic mass is 32.2. The van der Waals surface area contributed by atoms with E-state index < -0.39 is 15.7 Å². The Kier molecular flexibility index (Phi) is 6.13. The van der Waals surface area contributed by atoms with Crippen LogP contribution in [-0.4, -0.2) is 43.7 Å². The molecule has 1 unspecified atom stereocenters. The fourth-order valence-corrected chi connectivity index (χ4v) is 2.02. The second-order valence-corrected chi connectivity index (χ2v) is 5.43. The summed E-state index contributed by atoms with van der Waals surface area (Å²) in [7, 11) is -0.918. The van der Waals surface area contributed by atoms with E-state index in [1.54, 1.807) is 0 Å². The molecule has 106 valence electrons. The van der Waals surface area contributed by atoms with Gasteiger partial charge in [0, 0.05) is 35.4 Å². The summed E-state index contributed by atoms with van der Waals surface area (Å²) in [6.45, 7) is 4.54. The first-order valence-electron chi connectivity index (χ1n) is 5.92. The van der Waals surface area contributed by atoms with Crippen LogP contribution >= 0.6 is 0 Å². The first kappa shape index (κ1) is 15.3. The van der Waals surface area contributed by atoms with E-state index in [2.05, 4.69) is 20.6 Å². The van der Waals surface area contributed by atoms with Gasteiger partial charge >= 0.3 is 5.69 Å². The standard InChI is InChI=1S/C10H17N5O3S/c1-3-11-9-8(15(16)17)10(14-7-13-9)12-5-6-19(18)4-2/h7H,3-6H2,1-2H3,(H2,11,12,13,14). The van der Waals surface area contributed by atoms with E-state index in [0.717, 1.165) is 0 Å². The lowest BCUT2D eigenvalue weighted by Crippen LogP contribution is -2.15. The summed E-state index contributed by atoms with van der Waals surface area (Å²) in [5.41, 5.74) is -0.188. The van der Waals surface area contributed by atoms with Crippen LogP contribution in [0.25, 0.3) is 0 Å². The fraction of sp³-hybridized carbons (Fsp3) is 0.600. The van der Waals surface area contributed by atoms with Crippen molar-refractivity contribution in [2.75, 3.05) is 35.2 Å². The fourth-order valence-electron chi connectivity index (χ4n) is 1.41. The van der Waals surface area contributed by atoms with Crippen LogP contribution in [0.3, 0.4) is 0 Å². The minimum atomic E-state index is -0.918. The summed E-state index contributed by atoms with van der Waals surface area (Å²) in [5, 5.41) is 16.7. The van der Waals surface area contributed by atoms with Crippen molar-refractivity contribution in [2.45, 2.75) is 13.8 Å². The van der Waals surface area contributed by atoms with Crippen LogP contribution in [0.1, 0.15) is 13.8 Å². The van der Waals surface area contributed by atoms with Crippen LogP contribution in [0, 0.1) is 10.1 Å². The summed E-state index contributed by atoms with van der Waals surface area (Å²) in [6, 6.07) is 0. The summed E-state index contributed by atoms with van der Waals surface area (Å²) in [5.74, 6) is 1.32. The third-order valence-electron chi connectivity index (χ3n) is 2.29. The molecule has 0 radical (unpaired) electrons. The molecular formula is C10H17N5O3S. The highest BCUT2D eigenvalue weighted by Gasteiger charge is 2.22. The maximum Gasteiger partial charge on any atom is 0.353 e. The topological polar surface area (TPSA) is 110 Å². The monoisotopic (exact) mass is 287 g/mol. The van der Waals surface area contributed by atoms with Gasteiger partial charge in [0.1, 0.15) is 6.33 Å². The zero-order chi connectivity index (χ0) is 14.3. The Morgan fingerprint density at radius 3 is 2.47 bits per heavy atom. The molecule has 0 bridgehead atoms. The molecule has 8 nitrogen and oxygen atoms in total. The number of nitrogens with zero attached hydrogens (tertiary/aromatic N) is 3. The number of hydrogen-bond acceptors (Lipinski definition) is 7. The van der Waals surface area contributed by atoms with Crippen LogP contribution in [0.2, 0.25) is 0 Å². The minimum Gasteiger partial charge on any atom is -0.364 e. The van der Waals surface area contributed by atoms with Gasteiger partial charge in [0.2, 0.25) is 11.6 Å². The normalized spacial score (nSPS) is 11.9. The van der Waals surface area contributed by atoms with Gasteiger partial charge in [-0.15, -0.1) is 0 Å². The molecule has 19 heavy (non-hydrogen) atoms. The van der Waals surface area contributed by atoms with Crippen molar-refractivity contribution >= 4 is 28.1 Å². The zero-order valence-corrected chi connectivity index (χ0v) is 11.7. The Morgan fingerprint density at radius 2 is 1.95 bits per heavy atom. The molecule has 0 aromatic carbocycles. The predicted octanol–water partition coefficient (Wildman–Crippen LogP) is 0.997. The molecule has 1 heterocycles. The molecule has 1 atom stereocenters. The molecule has 0 fully saturated rings. The summed E-state index contributed by atoms with van der Waals surface area (Å²) >= 11 is 0. The number of anilines is 2. The molecule has 0 saturated carbocycles. The first-order chi connectivity index (χ1) is 9.10. The molecule has 1 rings (SSSR count). The van der Waals surface area contributed by atoms with Gasteiger partial charge in [-0.25, -0.2) is 9.97 Å². The Bertz CT molecular complexity index is 468. The summed E-state index contributed by atoms with van der Waals surface area (Å²) in [4.78, 5) is 18.2. The smallest absolute Gasteiger partial charge is 0.353 e. The van der Waals surface area contributed by atoms with Crippen LogP contribution < -0.4 is 10.6 Å². The van der Waals surface area contributed by atoms with E-state index in [1.807, 2.05) is 13.8 Å². The molecule has 0 aliphatic rings. The third-order valence-corrected chi connectivity index (χ3v) is 3.60. The van der Waals surface area contributed by atoms with Gasteiger partial charge in [-0.3, -0.25) is 14.3 Å². The number of rotatable bonds is 8. The van der Waals surface area contributed by atoms with Gasteiger partial charge < -0.3 is 10.6 Å². The average Bonchev–Trinajstić information content (AvgIpc) is 2.38.